The number of thioether (sulfide) groups is 1. The lowest BCUT2D eigenvalue weighted by atomic mass is 10.1. The van der Waals surface area contributed by atoms with Gasteiger partial charge in [0, 0.05) is 19.2 Å². The summed E-state index contributed by atoms with van der Waals surface area (Å²) in [5.74, 6) is 0.727. The summed E-state index contributed by atoms with van der Waals surface area (Å²) >= 11 is 1.39. The van der Waals surface area contributed by atoms with Gasteiger partial charge in [-0.05, 0) is 19.9 Å². The van der Waals surface area contributed by atoms with Gasteiger partial charge in [0.15, 0.2) is 11.0 Å². The van der Waals surface area contributed by atoms with Crippen LogP contribution in [0.2, 0.25) is 0 Å². The van der Waals surface area contributed by atoms with E-state index in [-0.39, 0.29) is 11.2 Å². The SMILES string of the molecule is C=CCNC(=O)[C@@H](C)Sc1nnc(-c2cccc(C)c2)n1CCOC. The monoisotopic (exact) mass is 360 g/mol. The highest BCUT2D eigenvalue weighted by Crippen LogP contribution is 2.27. The van der Waals surface area contributed by atoms with E-state index < -0.39 is 0 Å². The molecule has 0 saturated heterocycles. The van der Waals surface area contributed by atoms with Crippen molar-refractivity contribution in [3.63, 3.8) is 0 Å². The van der Waals surface area contributed by atoms with Gasteiger partial charge >= 0.3 is 0 Å². The van der Waals surface area contributed by atoms with Gasteiger partial charge in [-0.1, -0.05) is 41.6 Å². The number of ether oxygens (including phenoxy) is 1. The minimum Gasteiger partial charge on any atom is -0.383 e. The van der Waals surface area contributed by atoms with E-state index in [0.29, 0.717) is 24.9 Å². The second-order valence-corrected chi connectivity index (χ2v) is 6.92. The number of nitrogens with zero attached hydrogens (tertiary/aromatic N) is 3. The molecule has 1 heterocycles. The Morgan fingerprint density at radius 1 is 1.48 bits per heavy atom. The number of methoxy groups -OCH3 is 1. The standard InChI is InChI=1S/C18H24N4O2S/c1-5-9-19-17(23)14(3)25-18-21-20-16(22(18)10-11-24-4)15-8-6-7-13(2)12-15/h5-8,12,14H,1,9-11H2,2-4H3,(H,19,23)/t14-/m1/s1. The first-order valence-corrected chi connectivity index (χ1v) is 8.99. The number of hydrogen-bond donors (Lipinski definition) is 1. The normalized spacial score (nSPS) is 12.0. The summed E-state index contributed by atoms with van der Waals surface area (Å²) in [7, 11) is 1.66. The summed E-state index contributed by atoms with van der Waals surface area (Å²) in [6, 6.07) is 8.12. The van der Waals surface area contributed by atoms with Gasteiger partial charge in [-0.3, -0.25) is 9.36 Å². The minimum absolute atomic E-state index is 0.0525. The van der Waals surface area contributed by atoms with Crippen LogP contribution < -0.4 is 5.32 Å². The summed E-state index contributed by atoms with van der Waals surface area (Å²) in [6.07, 6.45) is 1.66. The number of amides is 1. The minimum atomic E-state index is -0.282. The van der Waals surface area contributed by atoms with E-state index in [4.69, 9.17) is 4.74 Å². The molecule has 0 bridgehead atoms. The summed E-state index contributed by atoms with van der Waals surface area (Å²) in [5.41, 5.74) is 2.16. The highest BCUT2D eigenvalue weighted by molar-refractivity contribution is 8.00. The first kappa shape index (κ1) is 19.2. The lowest BCUT2D eigenvalue weighted by Crippen LogP contribution is -2.31. The zero-order valence-corrected chi connectivity index (χ0v) is 15.7. The van der Waals surface area contributed by atoms with E-state index >= 15 is 0 Å². The van der Waals surface area contributed by atoms with Crippen LogP contribution in [-0.4, -0.2) is 46.2 Å². The van der Waals surface area contributed by atoms with E-state index in [2.05, 4.69) is 28.2 Å². The van der Waals surface area contributed by atoms with Crippen molar-refractivity contribution in [1.82, 2.24) is 20.1 Å². The molecule has 0 aliphatic carbocycles. The van der Waals surface area contributed by atoms with Crippen molar-refractivity contribution in [3.8, 4) is 11.4 Å². The van der Waals surface area contributed by atoms with Crippen molar-refractivity contribution in [2.45, 2.75) is 30.8 Å². The van der Waals surface area contributed by atoms with Gasteiger partial charge in [-0.2, -0.15) is 0 Å². The Bertz CT molecular complexity index is 730. The molecule has 134 valence electrons. The molecule has 0 spiro atoms. The number of carbonyl (C=O) groups is 1. The highest BCUT2D eigenvalue weighted by Gasteiger charge is 2.20. The Kier molecular flexibility index (Phi) is 7.21. The number of aryl methyl sites for hydroxylation is 1. The summed E-state index contributed by atoms with van der Waals surface area (Å²) in [4.78, 5) is 12.1. The van der Waals surface area contributed by atoms with E-state index in [1.165, 1.54) is 11.8 Å². The second-order valence-electron chi connectivity index (χ2n) is 5.61. The Morgan fingerprint density at radius 3 is 2.96 bits per heavy atom. The number of carbonyl (C=O) groups excluding carboxylic acids is 1. The van der Waals surface area contributed by atoms with E-state index in [0.717, 1.165) is 17.0 Å². The fourth-order valence-electron chi connectivity index (χ4n) is 2.29. The molecule has 2 rings (SSSR count). The number of rotatable bonds is 9. The average Bonchev–Trinajstić information content (AvgIpc) is 3.00. The number of nitrogens with one attached hydrogen (secondary N) is 1. The van der Waals surface area contributed by atoms with Crippen molar-refractivity contribution >= 4 is 17.7 Å². The number of aromatic nitrogens is 3. The Labute approximate surface area is 152 Å². The zero-order chi connectivity index (χ0) is 18.2. The van der Waals surface area contributed by atoms with Crippen molar-refractivity contribution in [2.24, 2.45) is 0 Å². The number of benzene rings is 1. The van der Waals surface area contributed by atoms with Crippen LogP contribution in [0.5, 0.6) is 0 Å². The summed E-state index contributed by atoms with van der Waals surface area (Å²) in [5, 5.41) is 11.9. The van der Waals surface area contributed by atoms with Crippen LogP contribution in [0.3, 0.4) is 0 Å². The van der Waals surface area contributed by atoms with Crippen LogP contribution >= 0.6 is 11.8 Å². The van der Waals surface area contributed by atoms with E-state index in [1.807, 2.05) is 36.6 Å². The first-order chi connectivity index (χ1) is 12.1. The molecule has 1 atom stereocenters. The Hall–Kier alpha value is -2.12. The maximum Gasteiger partial charge on any atom is 0.233 e. The van der Waals surface area contributed by atoms with Crippen molar-refractivity contribution in [3.05, 3.63) is 42.5 Å². The third-order valence-corrected chi connectivity index (χ3v) is 4.66. The average molecular weight is 360 g/mol. The van der Waals surface area contributed by atoms with Crippen LogP contribution in [0.4, 0.5) is 0 Å². The van der Waals surface area contributed by atoms with Gasteiger partial charge in [0.05, 0.1) is 18.4 Å². The van der Waals surface area contributed by atoms with E-state index in [1.54, 1.807) is 13.2 Å². The second kappa shape index (κ2) is 9.39. The lowest BCUT2D eigenvalue weighted by molar-refractivity contribution is -0.120. The van der Waals surface area contributed by atoms with Crippen LogP contribution in [-0.2, 0) is 16.1 Å². The molecule has 7 heteroatoms. The Morgan fingerprint density at radius 2 is 2.28 bits per heavy atom. The maximum absolute atomic E-state index is 12.1. The van der Waals surface area contributed by atoms with Gasteiger partial charge in [-0.25, -0.2) is 0 Å². The molecule has 0 aliphatic rings. The molecule has 0 saturated carbocycles. The summed E-state index contributed by atoms with van der Waals surface area (Å²) in [6.45, 7) is 9.12. The molecule has 1 amide bonds. The molecule has 0 radical (unpaired) electrons. The van der Waals surface area contributed by atoms with Crippen LogP contribution in [0.1, 0.15) is 12.5 Å². The zero-order valence-electron chi connectivity index (χ0n) is 14.9. The molecule has 6 nitrogen and oxygen atoms in total. The Balaban J connectivity index is 2.26. The van der Waals surface area contributed by atoms with Crippen molar-refractivity contribution in [1.29, 1.82) is 0 Å². The van der Waals surface area contributed by atoms with Gasteiger partial charge in [0.2, 0.25) is 5.91 Å². The van der Waals surface area contributed by atoms with Gasteiger partial charge in [0.1, 0.15) is 0 Å². The predicted molar refractivity (Wildman–Crippen MR) is 101 cm³/mol. The molecular weight excluding hydrogens is 336 g/mol. The van der Waals surface area contributed by atoms with Crippen molar-refractivity contribution < 1.29 is 9.53 Å². The van der Waals surface area contributed by atoms with Crippen LogP contribution in [0.15, 0.2) is 42.1 Å². The topological polar surface area (TPSA) is 69.0 Å². The van der Waals surface area contributed by atoms with Crippen LogP contribution in [0.25, 0.3) is 11.4 Å². The van der Waals surface area contributed by atoms with Crippen molar-refractivity contribution in [2.75, 3.05) is 20.3 Å². The van der Waals surface area contributed by atoms with Gasteiger partial charge < -0.3 is 10.1 Å². The molecule has 0 fully saturated rings. The largest absolute Gasteiger partial charge is 0.383 e. The summed E-state index contributed by atoms with van der Waals surface area (Å²) < 4.78 is 7.21. The molecule has 2 aromatic rings. The fourth-order valence-corrected chi connectivity index (χ4v) is 3.19. The fraction of sp³-hybridized carbons (Fsp3) is 0.389. The predicted octanol–water partition coefficient (Wildman–Crippen LogP) is 2.68. The molecule has 1 aromatic heterocycles. The lowest BCUT2D eigenvalue weighted by Gasteiger charge is -2.13. The van der Waals surface area contributed by atoms with Crippen LogP contribution in [0, 0.1) is 6.92 Å². The highest BCUT2D eigenvalue weighted by atomic mass is 32.2. The molecule has 1 aromatic carbocycles. The van der Waals surface area contributed by atoms with Gasteiger partial charge in [-0.15, -0.1) is 16.8 Å². The maximum atomic E-state index is 12.1. The quantitative estimate of drug-likeness (QED) is 0.550. The molecular formula is C18H24N4O2S. The molecule has 0 unspecified atom stereocenters. The molecule has 25 heavy (non-hydrogen) atoms. The third-order valence-electron chi connectivity index (χ3n) is 3.58. The molecule has 1 N–H and O–H groups in total. The molecule has 0 aliphatic heterocycles. The smallest absolute Gasteiger partial charge is 0.233 e. The number of hydrogen-bond acceptors (Lipinski definition) is 5. The van der Waals surface area contributed by atoms with Gasteiger partial charge in [0.25, 0.3) is 0 Å². The van der Waals surface area contributed by atoms with E-state index in [9.17, 15) is 4.79 Å². The first-order valence-electron chi connectivity index (χ1n) is 8.11. The third kappa shape index (κ3) is 5.17.